The Kier molecular flexibility index (Phi) is 13.8. The van der Waals surface area contributed by atoms with E-state index in [2.05, 4.69) is 0 Å². The molecular weight excluding hydrogens is 220 g/mol. The lowest BCUT2D eigenvalue weighted by Crippen LogP contribution is -1.89. The average Bonchev–Trinajstić information content (AvgIpc) is 1.12. The Morgan fingerprint density at radius 2 is 0.667 bits per heavy atom. The third-order valence-electron chi connectivity index (χ3n) is 0. The van der Waals surface area contributed by atoms with Crippen molar-refractivity contribution in [1.82, 2.24) is 0 Å². The van der Waals surface area contributed by atoms with E-state index in [-0.39, 0.29) is 12.9 Å². The maximum absolute atomic E-state index is 8.74. The Morgan fingerprint density at radius 3 is 0.667 bits per heavy atom. The molecule has 0 heterocycles. The molecule has 0 amide bonds. The van der Waals surface area contributed by atoms with Gasteiger partial charge in [0.1, 0.15) is 0 Å². The molecule has 6 N–H and O–H groups in total. The highest BCUT2D eigenvalue weighted by atomic mass is 32.3. The molecule has 9 nitrogen and oxygen atoms in total. The van der Waals surface area contributed by atoms with Crippen molar-refractivity contribution in [3.63, 3.8) is 0 Å². The molecule has 0 aromatic rings. The smallest absolute Gasteiger partial charge is 0.394 e. The minimum absolute atomic E-state index is 0. The van der Waals surface area contributed by atoms with Crippen molar-refractivity contribution in [2.24, 2.45) is 0 Å². The van der Waals surface area contributed by atoms with Crippen molar-refractivity contribution in [3.05, 3.63) is 0 Å². The Labute approximate surface area is 69.5 Å². The third-order valence-corrected chi connectivity index (χ3v) is 0. The fraction of sp³-hybridized carbons (Fsp3) is 1.00. The van der Waals surface area contributed by atoms with Gasteiger partial charge in [-0.2, -0.15) is 16.8 Å². The van der Waals surface area contributed by atoms with Gasteiger partial charge in [0.2, 0.25) is 0 Å². The molecule has 0 bridgehead atoms. The summed E-state index contributed by atoms with van der Waals surface area (Å²) in [6, 6.07) is 0. The van der Waals surface area contributed by atoms with E-state index in [9.17, 15) is 0 Å². The van der Waals surface area contributed by atoms with Gasteiger partial charge in [-0.25, -0.2) is 0 Å². The Morgan fingerprint density at radius 1 is 0.667 bits per heavy atom. The van der Waals surface area contributed by atoms with Gasteiger partial charge >= 0.3 is 20.8 Å². The first-order valence-corrected chi connectivity index (χ1v) is 4.19. The van der Waals surface area contributed by atoms with E-state index < -0.39 is 20.8 Å². The molecule has 0 radical (unpaired) electrons. The average molecular weight is 230 g/mol. The molecule has 0 spiro atoms. The molecule has 11 heteroatoms. The second kappa shape index (κ2) is 7.35. The van der Waals surface area contributed by atoms with Gasteiger partial charge in [0.15, 0.2) is 0 Å². The molecule has 0 aliphatic rings. The van der Waals surface area contributed by atoms with Crippen LogP contribution in [0, 0.1) is 0 Å². The molecule has 0 atom stereocenters. The fourth-order valence-electron chi connectivity index (χ4n) is 0. The summed E-state index contributed by atoms with van der Waals surface area (Å²) in [4.78, 5) is 0. The number of hydrogen-bond donors (Lipinski definition) is 4. The van der Waals surface area contributed by atoms with E-state index in [1.54, 1.807) is 0 Å². The predicted molar refractivity (Wildman–Crippen MR) is 38.7 cm³/mol. The van der Waals surface area contributed by atoms with E-state index in [0.29, 0.717) is 0 Å². The Balaban J connectivity index is -0.0000000457. The lowest BCUT2D eigenvalue weighted by Gasteiger charge is -1.68. The van der Waals surface area contributed by atoms with E-state index in [1.807, 2.05) is 0 Å². The van der Waals surface area contributed by atoms with Crippen LogP contribution in [0.5, 0.6) is 0 Å². The van der Waals surface area contributed by atoms with Crippen LogP contribution in [0.15, 0.2) is 0 Å². The van der Waals surface area contributed by atoms with E-state index in [1.165, 1.54) is 0 Å². The largest absolute Gasteiger partial charge is 0.412 e. The van der Waals surface area contributed by atoms with Crippen LogP contribution in [0.25, 0.3) is 0 Å². The quantitative estimate of drug-likeness (QED) is 0.363. The molecule has 0 aromatic carbocycles. The van der Waals surface area contributed by atoms with Crippen LogP contribution < -0.4 is 0 Å². The van der Waals surface area contributed by atoms with Crippen molar-refractivity contribution < 1.29 is 40.5 Å². The molecule has 0 fully saturated rings. The molecule has 80 valence electrons. The second-order valence-electron chi connectivity index (χ2n) is 0.896. The summed E-state index contributed by atoms with van der Waals surface area (Å²) in [5.41, 5.74) is 0. The van der Waals surface area contributed by atoms with Gasteiger partial charge in [0.05, 0.1) is 0 Å². The zero-order valence-electron chi connectivity index (χ0n) is 4.74. The van der Waals surface area contributed by atoms with Crippen molar-refractivity contribution in [3.8, 4) is 0 Å². The Bertz CT molecular complexity index is 209. The van der Waals surface area contributed by atoms with Crippen molar-refractivity contribution in [1.29, 1.82) is 0 Å². The summed E-state index contributed by atoms with van der Waals surface area (Å²) in [6.07, 6.45) is 0. The van der Waals surface area contributed by atoms with Gasteiger partial charge in [0.25, 0.3) is 0 Å². The van der Waals surface area contributed by atoms with E-state index >= 15 is 0 Å². The first-order chi connectivity index (χ1) is 4.00. The van der Waals surface area contributed by atoms with Gasteiger partial charge in [0, 0.05) is 0 Å². The zero-order valence-corrected chi connectivity index (χ0v) is 6.37. The standard InChI is InChI=1S/CH4.2H2O4S.H2O/c;2*1-5(2,3)4;/h1H4;2*(H2,1,2,3,4);1H2. The summed E-state index contributed by atoms with van der Waals surface area (Å²) in [7, 11) is -9.33. The molecule has 0 rings (SSSR count). The highest BCUT2D eigenvalue weighted by Crippen LogP contribution is 1.59. The molecule has 12 heavy (non-hydrogen) atoms. The summed E-state index contributed by atoms with van der Waals surface area (Å²) in [6.45, 7) is 0. The van der Waals surface area contributed by atoms with Gasteiger partial charge in [-0.3, -0.25) is 18.2 Å². The van der Waals surface area contributed by atoms with E-state index in [4.69, 9.17) is 35.0 Å². The molecule has 0 aliphatic heterocycles. The van der Waals surface area contributed by atoms with Crippen LogP contribution in [0.4, 0.5) is 0 Å². The lowest BCUT2D eigenvalue weighted by molar-refractivity contribution is 0.378. The van der Waals surface area contributed by atoms with Gasteiger partial charge in [-0.05, 0) is 0 Å². The maximum Gasteiger partial charge on any atom is 0.394 e. The van der Waals surface area contributed by atoms with Crippen molar-refractivity contribution in [2.75, 3.05) is 0 Å². The molecule has 0 aromatic heterocycles. The van der Waals surface area contributed by atoms with Crippen LogP contribution in [-0.4, -0.2) is 40.5 Å². The first-order valence-electron chi connectivity index (χ1n) is 1.40. The topological polar surface area (TPSA) is 181 Å². The first kappa shape index (κ1) is 22.6. The minimum Gasteiger partial charge on any atom is -0.412 e. The van der Waals surface area contributed by atoms with Crippen LogP contribution >= 0.6 is 0 Å². The summed E-state index contributed by atoms with van der Waals surface area (Å²) < 4.78 is 63.2. The zero-order chi connectivity index (χ0) is 9.00. The molecule has 0 saturated heterocycles. The highest BCUT2D eigenvalue weighted by molar-refractivity contribution is 7.80. The fourth-order valence-corrected chi connectivity index (χ4v) is 0. The molecular formula is CH10O9S2. The summed E-state index contributed by atoms with van der Waals surface area (Å²) in [5.74, 6) is 0. The second-order valence-corrected chi connectivity index (χ2v) is 2.69. The predicted octanol–water partition coefficient (Wildman–Crippen LogP) is -1.49. The SMILES string of the molecule is C.O.O=S(=O)(O)O.O=S(=O)(O)O. The molecule has 0 unspecified atom stereocenters. The third kappa shape index (κ3) is 8160. The van der Waals surface area contributed by atoms with Gasteiger partial charge < -0.3 is 5.48 Å². The highest BCUT2D eigenvalue weighted by Gasteiger charge is 1.85. The monoisotopic (exact) mass is 230 g/mol. The van der Waals surface area contributed by atoms with Crippen molar-refractivity contribution in [2.45, 2.75) is 7.43 Å². The van der Waals surface area contributed by atoms with Crippen LogP contribution in [0.2, 0.25) is 0 Å². The van der Waals surface area contributed by atoms with Gasteiger partial charge in [-0.15, -0.1) is 0 Å². The summed E-state index contributed by atoms with van der Waals surface area (Å²) in [5, 5.41) is 0. The van der Waals surface area contributed by atoms with Crippen LogP contribution in [0.1, 0.15) is 7.43 Å². The Hall–Kier alpha value is -0.300. The van der Waals surface area contributed by atoms with Crippen molar-refractivity contribution >= 4 is 20.8 Å². The lowest BCUT2D eigenvalue weighted by atomic mass is 12.0. The molecule has 0 aliphatic carbocycles. The molecule has 0 saturated carbocycles. The van der Waals surface area contributed by atoms with Crippen LogP contribution in [-0.2, 0) is 20.8 Å². The normalized spacial score (nSPS) is 9.67. The minimum atomic E-state index is -4.67. The number of hydrogen-bond acceptors (Lipinski definition) is 4. The van der Waals surface area contributed by atoms with Crippen LogP contribution in [0.3, 0.4) is 0 Å². The maximum atomic E-state index is 8.74. The van der Waals surface area contributed by atoms with E-state index in [0.717, 1.165) is 0 Å². The number of rotatable bonds is 0. The summed E-state index contributed by atoms with van der Waals surface area (Å²) >= 11 is 0. The van der Waals surface area contributed by atoms with Gasteiger partial charge in [-0.1, -0.05) is 7.43 Å².